The Kier molecular flexibility index (Phi) is 5.58. The number of carbonyl (C=O) groups is 1. The molecule has 144 valence electrons. The smallest absolute Gasteiger partial charge is 0.347 e. The van der Waals surface area contributed by atoms with E-state index in [1.165, 1.54) is 24.3 Å². The van der Waals surface area contributed by atoms with E-state index in [0.29, 0.717) is 6.54 Å². The topological polar surface area (TPSA) is 66.9 Å². The zero-order valence-corrected chi connectivity index (χ0v) is 14.9. The van der Waals surface area contributed by atoms with Crippen molar-refractivity contribution in [2.45, 2.75) is 19.6 Å². The van der Waals surface area contributed by atoms with Gasteiger partial charge in [-0.3, -0.25) is 4.79 Å². The highest BCUT2D eigenvalue weighted by Gasteiger charge is 2.30. The van der Waals surface area contributed by atoms with E-state index in [-0.39, 0.29) is 23.1 Å². The Bertz CT molecular complexity index is 972. The molecule has 1 amide bonds. The molecule has 0 saturated carbocycles. The van der Waals surface area contributed by atoms with Crippen molar-refractivity contribution >= 4 is 17.4 Å². The van der Waals surface area contributed by atoms with Crippen LogP contribution in [-0.4, -0.2) is 16.1 Å². The second-order valence-electron chi connectivity index (χ2n) is 6.12. The van der Waals surface area contributed by atoms with E-state index in [2.05, 4.69) is 20.8 Å². The summed E-state index contributed by atoms with van der Waals surface area (Å²) in [5.41, 5.74) is 1.63. The molecule has 0 aliphatic carbocycles. The summed E-state index contributed by atoms with van der Waals surface area (Å²) in [5, 5.41) is 13.2. The van der Waals surface area contributed by atoms with Gasteiger partial charge in [-0.1, -0.05) is 30.3 Å². The number of anilines is 2. The predicted octanol–water partition coefficient (Wildman–Crippen LogP) is 4.48. The van der Waals surface area contributed by atoms with Crippen LogP contribution in [0.3, 0.4) is 0 Å². The van der Waals surface area contributed by atoms with Crippen LogP contribution in [-0.2, 0) is 12.7 Å². The molecule has 5 nitrogen and oxygen atoms in total. The van der Waals surface area contributed by atoms with Crippen LogP contribution in [0, 0.1) is 6.92 Å². The maximum Gasteiger partial charge on any atom is 0.416 e. The first kappa shape index (κ1) is 19.3. The van der Waals surface area contributed by atoms with Gasteiger partial charge < -0.3 is 10.6 Å². The van der Waals surface area contributed by atoms with E-state index >= 15 is 0 Å². The molecular formula is C20H17F3N4O. The van der Waals surface area contributed by atoms with Gasteiger partial charge in [-0.15, -0.1) is 10.2 Å². The number of aromatic nitrogens is 2. The van der Waals surface area contributed by atoms with Crippen molar-refractivity contribution in [2.24, 2.45) is 0 Å². The number of benzene rings is 2. The van der Waals surface area contributed by atoms with Crippen LogP contribution in [0.5, 0.6) is 0 Å². The van der Waals surface area contributed by atoms with E-state index in [0.717, 1.165) is 23.3 Å². The first-order valence-corrected chi connectivity index (χ1v) is 8.43. The number of hydrogen-bond acceptors (Lipinski definition) is 4. The number of halogens is 3. The molecule has 0 saturated heterocycles. The van der Waals surface area contributed by atoms with E-state index in [1.807, 2.05) is 31.2 Å². The summed E-state index contributed by atoms with van der Waals surface area (Å²) < 4.78 is 38.3. The highest BCUT2D eigenvalue weighted by Crippen LogP contribution is 2.31. The van der Waals surface area contributed by atoms with Gasteiger partial charge in [0.05, 0.1) is 5.56 Å². The van der Waals surface area contributed by atoms with Crippen molar-refractivity contribution in [3.63, 3.8) is 0 Å². The molecule has 1 aromatic heterocycles. The molecule has 0 spiro atoms. The van der Waals surface area contributed by atoms with Gasteiger partial charge in [0, 0.05) is 12.2 Å². The summed E-state index contributed by atoms with van der Waals surface area (Å²) in [6, 6.07) is 15.4. The molecule has 2 aromatic carbocycles. The van der Waals surface area contributed by atoms with Crippen molar-refractivity contribution in [3.8, 4) is 0 Å². The summed E-state index contributed by atoms with van der Waals surface area (Å²) in [4.78, 5) is 12.2. The number of nitrogens with one attached hydrogen (secondary N) is 2. The minimum absolute atomic E-state index is 0.114. The lowest BCUT2D eigenvalue weighted by Crippen LogP contribution is -2.24. The minimum atomic E-state index is -4.43. The van der Waals surface area contributed by atoms with E-state index in [1.54, 1.807) is 0 Å². The van der Waals surface area contributed by atoms with Gasteiger partial charge in [-0.25, -0.2) is 0 Å². The number of aryl methyl sites for hydroxylation is 1. The second kappa shape index (κ2) is 8.08. The van der Waals surface area contributed by atoms with Crippen LogP contribution in [0.4, 0.5) is 24.7 Å². The Balaban J connectivity index is 1.63. The molecule has 0 unspecified atom stereocenters. The van der Waals surface area contributed by atoms with Crippen LogP contribution < -0.4 is 10.6 Å². The third kappa shape index (κ3) is 4.85. The van der Waals surface area contributed by atoms with E-state index in [4.69, 9.17) is 0 Å². The Morgan fingerprint density at radius 3 is 2.46 bits per heavy atom. The standard InChI is InChI=1S/C20H17F3N4O/c1-13-5-2-3-6-14(13)12-24-19(28)17-9-10-18(27-26-17)25-16-8-4-7-15(11-16)20(21,22)23/h2-11H,12H2,1H3,(H,24,28)(H,25,27). The van der Waals surface area contributed by atoms with Gasteiger partial charge in [0.1, 0.15) is 0 Å². The summed E-state index contributed by atoms with van der Waals surface area (Å²) in [7, 11) is 0. The second-order valence-corrected chi connectivity index (χ2v) is 6.12. The zero-order chi connectivity index (χ0) is 20.1. The number of rotatable bonds is 5. The van der Waals surface area contributed by atoms with Gasteiger partial charge in [0.25, 0.3) is 5.91 Å². The molecule has 3 aromatic rings. The van der Waals surface area contributed by atoms with Crippen molar-refractivity contribution in [1.82, 2.24) is 15.5 Å². The fraction of sp³-hybridized carbons (Fsp3) is 0.150. The van der Waals surface area contributed by atoms with Gasteiger partial charge in [-0.05, 0) is 48.4 Å². The number of alkyl halides is 3. The molecule has 0 bridgehead atoms. The van der Waals surface area contributed by atoms with Crippen LogP contribution in [0.25, 0.3) is 0 Å². The normalized spacial score (nSPS) is 11.1. The molecule has 0 radical (unpaired) electrons. The maximum atomic E-state index is 12.8. The van der Waals surface area contributed by atoms with Crippen LogP contribution in [0.15, 0.2) is 60.7 Å². The Morgan fingerprint density at radius 2 is 1.79 bits per heavy atom. The SMILES string of the molecule is Cc1ccccc1CNC(=O)c1ccc(Nc2cccc(C(F)(F)F)c2)nn1. The molecule has 8 heteroatoms. The molecule has 0 fully saturated rings. The van der Waals surface area contributed by atoms with E-state index in [9.17, 15) is 18.0 Å². The monoisotopic (exact) mass is 386 g/mol. The molecule has 0 aliphatic rings. The summed E-state index contributed by atoms with van der Waals surface area (Å²) in [5.74, 6) is -0.156. The number of hydrogen-bond donors (Lipinski definition) is 2. The lowest BCUT2D eigenvalue weighted by Gasteiger charge is -2.10. The average Bonchev–Trinajstić information content (AvgIpc) is 2.67. The number of amides is 1. The fourth-order valence-corrected chi connectivity index (χ4v) is 2.52. The Labute approximate surface area is 159 Å². The van der Waals surface area contributed by atoms with Crippen molar-refractivity contribution in [1.29, 1.82) is 0 Å². The first-order chi connectivity index (χ1) is 13.3. The fourth-order valence-electron chi connectivity index (χ4n) is 2.52. The van der Waals surface area contributed by atoms with E-state index < -0.39 is 11.7 Å². The number of carbonyl (C=O) groups excluding carboxylic acids is 1. The molecule has 1 heterocycles. The lowest BCUT2D eigenvalue weighted by atomic mass is 10.1. The molecule has 2 N–H and O–H groups in total. The summed E-state index contributed by atoms with van der Waals surface area (Å²) in [6.07, 6.45) is -4.43. The summed E-state index contributed by atoms with van der Waals surface area (Å²) >= 11 is 0. The number of nitrogens with zero attached hydrogens (tertiary/aromatic N) is 2. The highest BCUT2D eigenvalue weighted by molar-refractivity contribution is 5.92. The Hall–Kier alpha value is -3.42. The molecule has 28 heavy (non-hydrogen) atoms. The largest absolute Gasteiger partial charge is 0.416 e. The molecular weight excluding hydrogens is 369 g/mol. The minimum Gasteiger partial charge on any atom is -0.347 e. The van der Waals surface area contributed by atoms with Crippen molar-refractivity contribution < 1.29 is 18.0 Å². The van der Waals surface area contributed by atoms with Crippen LogP contribution in [0.1, 0.15) is 27.2 Å². The molecule has 0 aliphatic heterocycles. The highest BCUT2D eigenvalue weighted by atomic mass is 19.4. The third-order valence-electron chi connectivity index (χ3n) is 4.06. The maximum absolute atomic E-state index is 12.8. The van der Waals surface area contributed by atoms with Gasteiger partial charge in [-0.2, -0.15) is 13.2 Å². The lowest BCUT2D eigenvalue weighted by molar-refractivity contribution is -0.137. The van der Waals surface area contributed by atoms with Crippen LogP contribution in [0.2, 0.25) is 0 Å². The molecule has 0 atom stereocenters. The predicted molar refractivity (Wildman–Crippen MR) is 99.1 cm³/mol. The van der Waals surface area contributed by atoms with Crippen molar-refractivity contribution in [2.75, 3.05) is 5.32 Å². The summed E-state index contributed by atoms with van der Waals surface area (Å²) in [6.45, 7) is 2.31. The average molecular weight is 386 g/mol. The first-order valence-electron chi connectivity index (χ1n) is 8.43. The van der Waals surface area contributed by atoms with Gasteiger partial charge >= 0.3 is 6.18 Å². The zero-order valence-electron chi connectivity index (χ0n) is 14.9. The van der Waals surface area contributed by atoms with Gasteiger partial charge in [0.15, 0.2) is 11.5 Å². The Morgan fingerprint density at radius 1 is 1.00 bits per heavy atom. The quantitative estimate of drug-likeness (QED) is 0.679. The van der Waals surface area contributed by atoms with Gasteiger partial charge in [0.2, 0.25) is 0 Å². The van der Waals surface area contributed by atoms with Crippen molar-refractivity contribution in [3.05, 3.63) is 83.0 Å². The molecule has 3 rings (SSSR count). The van der Waals surface area contributed by atoms with Crippen LogP contribution >= 0.6 is 0 Å². The third-order valence-corrected chi connectivity index (χ3v) is 4.06.